The number of ether oxygens (including phenoxy) is 9. The van der Waals surface area contributed by atoms with Crippen molar-refractivity contribution in [3.8, 4) is 11.5 Å². The molecule has 0 bridgehead atoms. The Bertz CT molecular complexity index is 2430. The Balaban J connectivity index is 0.880. The van der Waals surface area contributed by atoms with Gasteiger partial charge in [-0.2, -0.15) is 0 Å². The molecule has 0 amide bonds. The van der Waals surface area contributed by atoms with Crippen LogP contribution in [0.1, 0.15) is 125 Å². The lowest BCUT2D eigenvalue weighted by Crippen LogP contribution is -2.65. The van der Waals surface area contributed by atoms with E-state index in [1.54, 1.807) is 26.4 Å². The molecule has 3 aliphatic heterocycles. The zero-order chi connectivity index (χ0) is 57.5. The summed E-state index contributed by atoms with van der Waals surface area (Å²) in [5.41, 5.74) is 0.190. The maximum absolute atomic E-state index is 15.2. The van der Waals surface area contributed by atoms with Gasteiger partial charge in [0.05, 0.1) is 39.0 Å². The topological polar surface area (TPSA) is 299 Å². The molecule has 1 aromatic rings. The molecule has 20 heteroatoms. The molecule has 3 saturated heterocycles. The first kappa shape index (κ1) is 60.3. The van der Waals surface area contributed by atoms with Crippen LogP contribution < -0.4 is 9.47 Å². The van der Waals surface area contributed by atoms with E-state index in [9.17, 15) is 50.8 Å². The third kappa shape index (κ3) is 10.4. The van der Waals surface area contributed by atoms with Crippen LogP contribution in [0.25, 0.3) is 6.08 Å². The second-order valence-corrected chi connectivity index (χ2v) is 26.3. The summed E-state index contributed by atoms with van der Waals surface area (Å²) in [4.78, 5) is 28.6. The summed E-state index contributed by atoms with van der Waals surface area (Å²) in [6, 6.07) is 5.47. The van der Waals surface area contributed by atoms with Gasteiger partial charge in [-0.05, 0) is 134 Å². The van der Waals surface area contributed by atoms with Crippen molar-refractivity contribution >= 4 is 18.0 Å². The molecule has 5 aliphatic carbocycles. The van der Waals surface area contributed by atoms with E-state index in [1.807, 2.05) is 12.1 Å². The summed E-state index contributed by atoms with van der Waals surface area (Å²) in [5, 5.41) is 97.1. The van der Waals surface area contributed by atoms with Gasteiger partial charge in [-0.1, -0.05) is 66.2 Å². The van der Waals surface area contributed by atoms with Gasteiger partial charge >= 0.3 is 11.9 Å². The van der Waals surface area contributed by atoms with Crippen LogP contribution >= 0.6 is 0 Å². The molecule has 8 aliphatic rings. The number of hydrogen-bond acceptors (Lipinski definition) is 20. The molecular formula is C59H88O20. The van der Waals surface area contributed by atoms with E-state index < -0.39 is 117 Å². The first-order valence-corrected chi connectivity index (χ1v) is 28.4. The van der Waals surface area contributed by atoms with Crippen molar-refractivity contribution in [3.05, 3.63) is 41.5 Å². The van der Waals surface area contributed by atoms with E-state index in [4.69, 9.17) is 42.6 Å². The van der Waals surface area contributed by atoms with Crippen molar-refractivity contribution in [3.63, 3.8) is 0 Å². The molecule has 9 N–H and O–H groups in total. The molecule has 7 fully saturated rings. The predicted molar refractivity (Wildman–Crippen MR) is 281 cm³/mol. The molecule has 0 aromatic heterocycles. The Labute approximate surface area is 463 Å². The van der Waals surface area contributed by atoms with Gasteiger partial charge in [0.15, 0.2) is 24.1 Å². The maximum Gasteiger partial charge on any atom is 0.331 e. The highest BCUT2D eigenvalue weighted by Gasteiger charge is 2.70. The van der Waals surface area contributed by atoms with Crippen molar-refractivity contribution in [1.82, 2.24) is 0 Å². The fourth-order valence-electron chi connectivity index (χ4n) is 16.3. The molecule has 1 aromatic carbocycles. The number of aliphatic hydroxyl groups is 9. The van der Waals surface area contributed by atoms with Crippen LogP contribution in [-0.4, -0.2) is 184 Å². The van der Waals surface area contributed by atoms with Crippen molar-refractivity contribution in [1.29, 1.82) is 0 Å². The molecule has 23 atom stereocenters. The van der Waals surface area contributed by atoms with Crippen LogP contribution in [0.3, 0.4) is 0 Å². The zero-order valence-corrected chi connectivity index (χ0v) is 47.4. The van der Waals surface area contributed by atoms with E-state index in [-0.39, 0.29) is 51.0 Å². The molecule has 444 valence electrons. The average molecular weight is 1120 g/mol. The van der Waals surface area contributed by atoms with Gasteiger partial charge in [0.25, 0.3) is 0 Å². The van der Waals surface area contributed by atoms with E-state index >= 15 is 4.79 Å². The largest absolute Gasteiger partial charge is 0.493 e. The van der Waals surface area contributed by atoms with Crippen molar-refractivity contribution in [2.75, 3.05) is 27.4 Å². The highest BCUT2D eigenvalue weighted by Crippen LogP contribution is 2.76. The first-order chi connectivity index (χ1) is 37.1. The number of fused-ring (bicyclic) bond motifs is 7. The summed E-state index contributed by atoms with van der Waals surface area (Å²) in [7, 11) is 3.15. The summed E-state index contributed by atoms with van der Waals surface area (Å²) in [5.74, 6) is 0.618. The molecule has 4 saturated carbocycles. The summed E-state index contributed by atoms with van der Waals surface area (Å²) >= 11 is 0. The standard InChI is InChI=1S/C59H88O20/c1-29-41(62)43(64)46(67)51(74-29)78-49-35(27-60)75-50(48(69)45(49)66)73-28-36-42(63)44(65)47(68)52(76-36)79-53(70)59-23-21-54(2,3)26-32(59)31-13-15-38-56(6)19-18-39(55(4,5)37(56)17-20-58(38,8)57(31,7)22-24-59)77-40(61)16-12-30-11-14-33(71-9)34(25-30)72-10/h11-14,16,25,29,32,35-39,41-52,60,62-69H,15,17-24,26-28H2,1-10H3/b16-12+/t29-,32-,35+,36+,37-,38+,39-,41-,42+,43+,44-,45+,46+,47+,48+,49+,50+,51-,52-,56-,57+,58+,59-/m0/s1. The van der Waals surface area contributed by atoms with Crippen LogP contribution in [0.5, 0.6) is 11.5 Å². The van der Waals surface area contributed by atoms with E-state index in [2.05, 4.69) is 54.5 Å². The second-order valence-electron chi connectivity index (χ2n) is 26.3. The number of rotatable bonds is 13. The molecule has 3 heterocycles. The molecule has 0 spiro atoms. The first-order valence-electron chi connectivity index (χ1n) is 28.4. The van der Waals surface area contributed by atoms with Crippen LogP contribution in [-0.2, 0) is 42.7 Å². The normalized spacial score (nSPS) is 46.4. The smallest absolute Gasteiger partial charge is 0.331 e. The molecule has 9 rings (SSSR count). The van der Waals surface area contributed by atoms with Gasteiger partial charge < -0.3 is 88.6 Å². The Kier molecular flexibility index (Phi) is 17.1. The fourth-order valence-corrected chi connectivity index (χ4v) is 16.3. The summed E-state index contributed by atoms with van der Waals surface area (Å²) < 4.78 is 52.1. The average Bonchev–Trinajstić information content (AvgIpc) is 2.81. The lowest BCUT2D eigenvalue weighted by atomic mass is 9.33. The molecule has 0 unspecified atom stereocenters. The minimum Gasteiger partial charge on any atom is -0.493 e. The zero-order valence-electron chi connectivity index (χ0n) is 47.4. The highest BCUT2D eigenvalue weighted by atomic mass is 16.8. The molecular weight excluding hydrogens is 1030 g/mol. The van der Waals surface area contributed by atoms with Crippen molar-refractivity contribution < 1.29 is 98.2 Å². The van der Waals surface area contributed by atoms with E-state index in [0.29, 0.717) is 30.3 Å². The molecule has 79 heavy (non-hydrogen) atoms. The third-order valence-corrected chi connectivity index (χ3v) is 21.3. The number of esters is 2. The fraction of sp³-hybridized carbons (Fsp3) is 0.797. The number of hydrogen-bond donors (Lipinski definition) is 9. The summed E-state index contributed by atoms with van der Waals surface area (Å²) in [6.45, 7) is 16.4. The number of allylic oxidation sites excluding steroid dienone is 2. The Hall–Kier alpha value is -3.32. The van der Waals surface area contributed by atoms with E-state index in [1.165, 1.54) is 18.6 Å². The number of aliphatic hydroxyl groups excluding tert-OH is 9. The van der Waals surface area contributed by atoms with E-state index in [0.717, 1.165) is 56.9 Å². The Morgan fingerprint density at radius 3 is 2.04 bits per heavy atom. The number of benzene rings is 1. The minimum absolute atomic E-state index is 0.0671. The summed E-state index contributed by atoms with van der Waals surface area (Å²) in [6.07, 6.45) is -11.3. The van der Waals surface area contributed by atoms with Gasteiger partial charge in [-0.15, -0.1) is 0 Å². The number of methoxy groups -OCH3 is 2. The van der Waals surface area contributed by atoms with Gasteiger partial charge in [-0.3, -0.25) is 4.79 Å². The van der Waals surface area contributed by atoms with Gasteiger partial charge in [0.1, 0.15) is 73.2 Å². The Morgan fingerprint density at radius 1 is 0.684 bits per heavy atom. The maximum atomic E-state index is 15.2. The quantitative estimate of drug-likeness (QED) is 0.0776. The van der Waals surface area contributed by atoms with Gasteiger partial charge in [0.2, 0.25) is 6.29 Å². The monoisotopic (exact) mass is 1120 g/mol. The molecule has 0 radical (unpaired) electrons. The van der Waals surface area contributed by atoms with Crippen LogP contribution in [0.15, 0.2) is 35.9 Å². The highest BCUT2D eigenvalue weighted by molar-refractivity contribution is 5.87. The lowest BCUT2D eigenvalue weighted by molar-refractivity contribution is -0.361. The third-order valence-electron chi connectivity index (χ3n) is 21.3. The Morgan fingerprint density at radius 2 is 1.34 bits per heavy atom. The predicted octanol–water partition coefficient (Wildman–Crippen LogP) is 3.45. The SMILES string of the molecule is COc1ccc(/C=C/C(=O)O[C@H]2CC[C@]3(C)[C@H]4CC=C5[C@@H]6CC(C)(C)CC[C@]6(C(=O)O[C@@H]6O[C@H](CO[C@@H]7O[C@H](CO)[C@@H](O[C@@H]8O[C@@H](C)[C@H](O)[C@@H](O)[C@H]8O)[C@H](O)[C@H]7O)[C@@H](O)[C@H](O)[C@H]6O)CC[C@@]5(C)[C@]4(C)CC[C@H]3C2(C)C)cc1OC. The second kappa shape index (κ2) is 22.4. The van der Waals surface area contributed by atoms with Crippen molar-refractivity contribution in [2.45, 2.75) is 218 Å². The number of carbonyl (C=O) groups excluding carboxylic acids is 2. The minimum atomic E-state index is -1.86. The number of carbonyl (C=O) groups is 2. The van der Waals surface area contributed by atoms with Gasteiger partial charge in [0, 0.05) is 11.5 Å². The van der Waals surface area contributed by atoms with Crippen LogP contribution in [0.2, 0.25) is 0 Å². The lowest BCUT2D eigenvalue weighted by Gasteiger charge is -2.71. The molecule has 20 nitrogen and oxygen atoms in total. The van der Waals surface area contributed by atoms with Crippen molar-refractivity contribution in [2.24, 2.45) is 50.2 Å². The van der Waals surface area contributed by atoms with Crippen LogP contribution in [0.4, 0.5) is 0 Å². The van der Waals surface area contributed by atoms with Crippen LogP contribution in [0, 0.1) is 50.2 Å². The van der Waals surface area contributed by atoms with Gasteiger partial charge in [-0.25, -0.2) is 4.79 Å².